The van der Waals surface area contributed by atoms with Gasteiger partial charge in [0.2, 0.25) is 5.88 Å². The summed E-state index contributed by atoms with van der Waals surface area (Å²) in [5.74, 6) is -0.111. The van der Waals surface area contributed by atoms with E-state index in [1.165, 1.54) is 0 Å². The fourth-order valence-electron chi connectivity index (χ4n) is 2.41. The first-order valence-electron chi connectivity index (χ1n) is 7.68. The van der Waals surface area contributed by atoms with Crippen molar-refractivity contribution in [3.8, 4) is 17.3 Å². The van der Waals surface area contributed by atoms with E-state index >= 15 is 0 Å². The zero-order chi connectivity index (χ0) is 16.9. The lowest BCUT2D eigenvalue weighted by Crippen LogP contribution is -2.21. The Bertz CT molecular complexity index is 696. The quantitative estimate of drug-likeness (QED) is 0.743. The first-order chi connectivity index (χ1) is 11.6. The molecule has 128 valence electrons. The summed E-state index contributed by atoms with van der Waals surface area (Å²) in [7, 11) is 1.77. The summed E-state index contributed by atoms with van der Waals surface area (Å²) in [4.78, 5) is 15.9. The topological polar surface area (TPSA) is 75.5 Å². The van der Waals surface area contributed by atoms with E-state index in [1.54, 1.807) is 36.1 Å². The molecule has 2 aromatic rings. The fourth-order valence-corrected chi connectivity index (χ4v) is 2.53. The van der Waals surface area contributed by atoms with Crippen LogP contribution in [0.3, 0.4) is 0 Å². The molecule has 3 rings (SSSR count). The second-order valence-corrected chi connectivity index (χ2v) is 5.90. The minimum Gasteiger partial charge on any atom is -0.465 e. The third-order valence-corrected chi connectivity index (χ3v) is 3.86. The van der Waals surface area contributed by atoms with Gasteiger partial charge < -0.3 is 14.2 Å². The lowest BCUT2D eigenvalue weighted by Gasteiger charge is -2.09. The zero-order valence-corrected chi connectivity index (χ0v) is 14.0. The number of hydrogen-bond acceptors (Lipinski definition) is 6. The van der Waals surface area contributed by atoms with Gasteiger partial charge in [0, 0.05) is 25.9 Å². The number of aryl methyl sites for hydroxylation is 1. The second-order valence-electron chi connectivity index (χ2n) is 5.46. The molecule has 1 fully saturated rings. The number of carbonyl (C=O) groups is 1. The highest BCUT2D eigenvalue weighted by Gasteiger charge is 2.18. The minimum absolute atomic E-state index is 0.00591. The summed E-state index contributed by atoms with van der Waals surface area (Å²) in [6, 6.07) is 5.25. The first-order valence-corrected chi connectivity index (χ1v) is 8.05. The van der Waals surface area contributed by atoms with Crippen LogP contribution < -0.4 is 4.74 Å². The van der Waals surface area contributed by atoms with E-state index in [1.807, 2.05) is 0 Å². The van der Waals surface area contributed by atoms with Crippen LogP contribution in [-0.2, 0) is 21.3 Å². The van der Waals surface area contributed by atoms with Gasteiger partial charge >= 0.3 is 5.97 Å². The molecule has 0 N–H and O–H groups in total. The lowest BCUT2D eigenvalue weighted by molar-refractivity contribution is -0.149. The Morgan fingerprint density at radius 1 is 1.50 bits per heavy atom. The molecular weight excluding hydrogens is 334 g/mol. The molecule has 0 saturated carbocycles. The highest BCUT2D eigenvalue weighted by Crippen LogP contribution is 2.22. The van der Waals surface area contributed by atoms with Crippen molar-refractivity contribution in [2.75, 3.05) is 19.8 Å². The summed E-state index contributed by atoms with van der Waals surface area (Å²) < 4.78 is 17.5. The maximum atomic E-state index is 11.7. The molecule has 1 aliphatic rings. The molecule has 8 heteroatoms. The molecule has 2 aromatic heterocycles. The SMILES string of the molecule is Cn1nc(OCC(=O)OCC2CCCO2)cc1-c1ccc(Cl)cn1. The van der Waals surface area contributed by atoms with Gasteiger partial charge in [-0.1, -0.05) is 11.6 Å². The summed E-state index contributed by atoms with van der Waals surface area (Å²) >= 11 is 5.84. The Morgan fingerprint density at radius 2 is 2.38 bits per heavy atom. The smallest absolute Gasteiger partial charge is 0.344 e. The number of carbonyl (C=O) groups excluding carboxylic acids is 1. The standard InChI is InChI=1S/C16H18ClN3O4/c1-20-14(13-5-4-11(17)8-18-13)7-15(19-20)23-10-16(21)24-9-12-3-2-6-22-12/h4-5,7-8,12H,2-3,6,9-10H2,1H3. The van der Waals surface area contributed by atoms with E-state index < -0.39 is 5.97 Å². The van der Waals surface area contributed by atoms with E-state index in [2.05, 4.69) is 10.1 Å². The highest BCUT2D eigenvalue weighted by atomic mass is 35.5. The molecule has 0 bridgehead atoms. The molecule has 0 aromatic carbocycles. The van der Waals surface area contributed by atoms with Crippen molar-refractivity contribution in [2.24, 2.45) is 7.05 Å². The predicted molar refractivity (Wildman–Crippen MR) is 86.9 cm³/mol. The van der Waals surface area contributed by atoms with Crippen LogP contribution in [0, 0.1) is 0 Å². The zero-order valence-electron chi connectivity index (χ0n) is 13.3. The third kappa shape index (κ3) is 4.24. The summed E-state index contributed by atoms with van der Waals surface area (Å²) in [6.07, 6.45) is 3.50. The molecule has 3 heterocycles. The predicted octanol–water partition coefficient (Wildman–Crippen LogP) is 2.24. The van der Waals surface area contributed by atoms with Crippen molar-refractivity contribution < 1.29 is 19.0 Å². The van der Waals surface area contributed by atoms with E-state index in [0.29, 0.717) is 16.6 Å². The minimum atomic E-state index is -0.442. The van der Waals surface area contributed by atoms with Crippen LogP contribution in [0.5, 0.6) is 5.88 Å². The Hall–Kier alpha value is -2.12. The lowest BCUT2D eigenvalue weighted by atomic mass is 10.2. The molecule has 0 aliphatic carbocycles. The molecule has 7 nitrogen and oxygen atoms in total. The van der Waals surface area contributed by atoms with Crippen molar-refractivity contribution >= 4 is 17.6 Å². The monoisotopic (exact) mass is 351 g/mol. The number of pyridine rings is 1. The molecule has 1 atom stereocenters. The van der Waals surface area contributed by atoms with Crippen LogP contribution >= 0.6 is 11.6 Å². The van der Waals surface area contributed by atoms with Crippen molar-refractivity contribution in [1.82, 2.24) is 14.8 Å². The highest BCUT2D eigenvalue weighted by molar-refractivity contribution is 6.30. The summed E-state index contributed by atoms with van der Waals surface area (Å²) in [6.45, 7) is 0.801. The van der Waals surface area contributed by atoms with Crippen LogP contribution in [0.4, 0.5) is 0 Å². The molecule has 1 unspecified atom stereocenters. The molecule has 0 spiro atoms. The van der Waals surface area contributed by atoms with Crippen molar-refractivity contribution in [1.29, 1.82) is 0 Å². The molecular formula is C16H18ClN3O4. The first kappa shape index (κ1) is 16.7. The maximum absolute atomic E-state index is 11.7. The molecule has 1 aliphatic heterocycles. The summed E-state index contributed by atoms with van der Waals surface area (Å²) in [5.41, 5.74) is 1.47. The van der Waals surface area contributed by atoms with Gasteiger partial charge in [-0.2, -0.15) is 0 Å². The van der Waals surface area contributed by atoms with Gasteiger partial charge in [-0.25, -0.2) is 4.79 Å². The fraction of sp³-hybridized carbons (Fsp3) is 0.438. The Labute approximate surface area is 144 Å². The van der Waals surface area contributed by atoms with E-state index in [9.17, 15) is 4.79 Å². The van der Waals surface area contributed by atoms with Gasteiger partial charge in [0.1, 0.15) is 6.61 Å². The van der Waals surface area contributed by atoms with Crippen molar-refractivity contribution in [3.63, 3.8) is 0 Å². The average molecular weight is 352 g/mol. The van der Waals surface area contributed by atoms with Crippen LogP contribution in [0.1, 0.15) is 12.8 Å². The molecule has 1 saturated heterocycles. The number of ether oxygens (including phenoxy) is 3. The van der Waals surface area contributed by atoms with Crippen LogP contribution in [0.25, 0.3) is 11.4 Å². The van der Waals surface area contributed by atoms with Crippen molar-refractivity contribution in [3.05, 3.63) is 29.4 Å². The molecule has 0 radical (unpaired) electrons. The van der Waals surface area contributed by atoms with Gasteiger partial charge in [-0.3, -0.25) is 9.67 Å². The number of halogens is 1. The van der Waals surface area contributed by atoms with Crippen LogP contribution in [-0.4, -0.2) is 46.7 Å². The number of rotatable bonds is 6. The largest absolute Gasteiger partial charge is 0.465 e. The number of esters is 1. The Kier molecular flexibility index (Phi) is 5.32. The van der Waals surface area contributed by atoms with Gasteiger partial charge in [0.05, 0.1) is 22.5 Å². The average Bonchev–Trinajstić information content (AvgIpc) is 3.21. The van der Waals surface area contributed by atoms with E-state index in [-0.39, 0.29) is 19.3 Å². The van der Waals surface area contributed by atoms with Gasteiger partial charge in [0.15, 0.2) is 6.61 Å². The Morgan fingerprint density at radius 3 is 3.08 bits per heavy atom. The maximum Gasteiger partial charge on any atom is 0.344 e. The van der Waals surface area contributed by atoms with Crippen molar-refractivity contribution in [2.45, 2.75) is 18.9 Å². The summed E-state index contributed by atoms with van der Waals surface area (Å²) in [5, 5.41) is 4.77. The molecule has 0 amide bonds. The normalized spacial score (nSPS) is 17.0. The van der Waals surface area contributed by atoms with Gasteiger partial charge in [0.25, 0.3) is 0 Å². The van der Waals surface area contributed by atoms with E-state index in [4.69, 9.17) is 25.8 Å². The van der Waals surface area contributed by atoms with Gasteiger partial charge in [-0.05, 0) is 25.0 Å². The third-order valence-electron chi connectivity index (χ3n) is 3.64. The number of nitrogens with zero attached hydrogens (tertiary/aromatic N) is 3. The molecule has 24 heavy (non-hydrogen) atoms. The Balaban J connectivity index is 1.53. The van der Waals surface area contributed by atoms with E-state index in [0.717, 1.165) is 25.1 Å². The second kappa shape index (κ2) is 7.63. The van der Waals surface area contributed by atoms with Crippen LogP contribution in [0.15, 0.2) is 24.4 Å². The number of aromatic nitrogens is 3. The number of hydrogen-bond donors (Lipinski definition) is 0. The van der Waals surface area contributed by atoms with Crippen LogP contribution in [0.2, 0.25) is 5.02 Å². The van der Waals surface area contributed by atoms with Gasteiger partial charge in [-0.15, -0.1) is 5.10 Å².